The van der Waals surface area contributed by atoms with Crippen LogP contribution >= 0.6 is 0 Å². The summed E-state index contributed by atoms with van der Waals surface area (Å²) in [6.07, 6.45) is 2.20. The fraction of sp³-hybridized carbons (Fsp3) is 0.105. The minimum atomic E-state index is -0.0968. The highest BCUT2D eigenvalue weighted by molar-refractivity contribution is 5.92. The average Bonchev–Trinajstić information content (AvgIpc) is 3.06. The van der Waals surface area contributed by atoms with Crippen LogP contribution in [0, 0.1) is 0 Å². The van der Waals surface area contributed by atoms with E-state index in [1.807, 2.05) is 31.2 Å². The Hall–Kier alpha value is -3.41. The Balaban J connectivity index is 1.83. The molecule has 0 fully saturated rings. The van der Waals surface area contributed by atoms with Crippen LogP contribution in [0.5, 0.6) is 0 Å². The predicted octanol–water partition coefficient (Wildman–Crippen LogP) is 3.46. The van der Waals surface area contributed by atoms with Gasteiger partial charge in [-0.15, -0.1) is 0 Å². The average molecular weight is 333 g/mol. The monoisotopic (exact) mass is 333 g/mol. The van der Waals surface area contributed by atoms with Gasteiger partial charge in [0.15, 0.2) is 0 Å². The molecular weight excluding hydrogens is 318 g/mol. The normalized spacial score (nSPS) is 11.1. The molecule has 2 aromatic heterocycles. The van der Waals surface area contributed by atoms with Crippen molar-refractivity contribution in [2.75, 3.05) is 4.90 Å². The highest BCUT2D eigenvalue weighted by Gasteiger charge is 2.15. The van der Waals surface area contributed by atoms with Crippen LogP contribution in [0.25, 0.3) is 21.9 Å². The molecule has 2 heterocycles. The van der Waals surface area contributed by atoms with E-state index in [0.29, 0.717) is 41.0 Å². The molecular formula is C19H15N3O3. The summed E-state index contributed by atoms with van der Waals surface area (Å²) >= 11 is 0. The number of anilines is 2. The molecule has 0 aliphatic heterocycles. The highest BCUT2D eigenvalue weighted by atomic mass is 16.4. The highest BCUT2D eigenvalue weighted by Crippen LogP contribution is 2.31. The summed E-state index contributed by atoms with van der Waals surface area (Å²) in [4.78, 5) is 29.7. The van der Waals surface area contributed by atoms with Gasteiger partial charge in [0.05, 0.1) is 22.9 Å². The van der Waals surface area contributed by atoms with E-state index in [2.05, 4.69) is 4.98 Å². The van der Waals surface area contributed by atoms with Crippen LogP contribution in [0.2, 0.25) is 0 Å². The van der Waals surface area contributed by atoms with Gasteiger partial charge in [-0.2, -0.15) is 0 Å². The van der Waals surface area contributed by atoms with Gasteiger partial charge in [-0.05, 0) is 31.2 Å². The van der Waals surface area contributed by atoms with Gasteiger partial charge in [0.1, 0.15) is 5.58 Å². The van der Waals surface area contributed by atoms with E-state index in [1.165, 1.54) is 11.2 Å². The van der Waals surface area contributed by atoms with Crippen molar-refractivity contribution in [3.8, 4) is 0 Å². The van der Waals surface area contributed by atoms with Gasteiger partial charge >= 0.3 is 0 Å². The molecule has 4 aromatic rings. The zero-order chi connectivity index (χ0) is 17.4. The molecule has 0 radical (unpaired) electrons. The number of rotatable bonds is 4. The molecule has 25 heavy (non-hydrogen) atoms. The van der Waals surface area contributed by atoms with Crippen molar-refractivity contribution in [2.24, 2.45) is 0 Å². The zero-order valence-corrected chi connectivity index (χ0v) is 13.5. The van der Waals surface area contributed by atoms with Crippen molar-refractivity contribution in [1.29, 1.82) is 0 Å². The second kappa shape index (κ2) is 5.90. The first-order valence-electron chi connectivity index (χ1n) is 7.93. The summed E-state index contributed by atoms with van der Waals surface area (Å²) in [5.74, 6) is 0.414. The van der Waals surface area contributed by atoms with Crippen molar-refractivity contribution < 1.29 is 9.21 Å². The Morgan fingerprint density at radius 1 is 1.20 bits per heavy atom. The van der Waals surface area contributed by atoms with E-state index < -0.39 is 0 Å². The van der Waals surface area contributed by atoms with E-state index in [9.17, 15) is 9.59 Å². The fourth-order valence-corrected chi connectivity index (χ4v) is 2.85. The number of para-hydroxylation sites is 1. The topological polar surface area (TPSA) is 68.3 Å². The Bertz CT molecular complexity index is 1110. The molecule has 124 valence electrons. The number of carbonyl (C=O) groups excluding carboxylic acids is 1. The van der Waals surface area contributed by atoms with Gasteiger partial charge in [-0.25, -0.2) is 4.98 Å². The number of aryl methyl sites for hydroxylation is 1. The minimum absolute atomic E-state index is 0.0968. The molecule has 0 spiro atoms. The number of furan rings is 1. The maximum atomic E-state index is 12.3. The molecule has 6 heteroatoms. The van der Waals surface area contributed by atoms with Gasteiger partial charge in [0.25, 0.3) is 5.56 Å². The standard InChI is InChI=1S/C19H15N3O3/c1-2-21-11-20-16-10-14(7-8-15(16)19(21)24)22(12-23)18-9-13-5-3-4-6-17(13)25-18/h3-12H,2H2,1H3. The van der Waals surface area contributed by atoms with Gasteiger partial charge in [0.2, 0.25) is 12.3 Å². The number of hydrogen-bond donors (Lipinski definition) is 0. The Morgan fingerprint density at radius 3 is 2.80 bits per heavy atom. The van der Waals surface area contributed by atoms with Gasteiger partial charge in [0, 0.05) is 18.0 Å². The summed E-state index contributed by atoms with van der Waals surface area (Å²) in [5.41, 5.74) is 1.73. The maximum absolute atomic E-state index is 12.3. The molecule has 0 atom stereocenters. The fourth-order valence-electron chi connectivity index (χ4n) is 2.85. The number of amides is 1. The van der Waals surface area contributed by atoms with Crippen LogP contribution in [0.1, 0.15) is 6.92 Å². The van der Waals surface area contributed by atoms with E-state index in [0.717, 1.165) is 5.39 Å². The van der Waals surface area contributed by atoms with Gasteiger partial charge in [-0.1, -0.05) is 18.2 Å². The first kappa shape index (κ1) is 15.1. The molecule has 0 bridgehead atoms. The lowest BCUT2D eigenvalue weighted by molar-refractivity contribution is -0.107. The lowest BCUT2D eigenvalue weighted by atomic mass is 10.2. The quantitative estimate of drug-likeness (QED) is 0.536. The summed E-state index contributed by atoms with van der Waals surface area (Å²) in [5, 5.41) is 1.43. The molecule has 0 aliphatic rings. The van der Waals surface area contributed by atoms with Crippen LogP contribution in [0.3, 0.4) is 0 Å². The lowest BCUT2D eigenvalue weighted by Gasteiger charge is -2.14. The smallest absolute Gasteiger partial charge is 0.261 e. The second-order valence-electron chi connectivity index (χ2n) is 5.64. The largest absolute Gasteiger partial charge is 0.440 e. The molecule has 0 saturated heterocycles. The van der Waals surface area contributed by atoms with Crippen LogP contribution < -0.4 is 10.5 Å². The SMILES string of the molecule is CCn1cnc2cc(N(C=O)c3cc4ccccc4o3)ccc2c1=O. The number of aromatic nitrogens is 2. The van der Waals surface area contributed by atoms with Crippen LogP contribution in [-0.4, -0.2) is 16.0 Å². The summed E-state index contributed by atoms with van der Waals surface area (Å²) < 4.78 is 7.30. The van der Waals surface area contributed by atoms with Crippen molar-refractivity contribution >= 4 is 39.9 Å². The predicted molar refractivity (Wildman–Crippen MR) is 96.1 cm³/mol. The number of benzene rings is 2. The van der Waals surface area contributed by atoms with Gasteiger partial charge in [-0.3, -0.25) is 19.1 Å². The van der Waals surface area contributed by atoms with Gasteiger partial charge < -0.3 is 4.42 Å². The molecule has 0 saturated carbocycles. The first-order chi connectivity index (χ1) is 12.2. The van der Waals surface area contributed by atoms with Crippen molar-refractivity contribution in [3.63, 3.8) is 0 Å². The Kier molecular flexibility index (Phi) is 3.57. The summed E-state index contributed by atoms with van der Waals surface area (Å²) in [6.45, 7) is 2.45. The summed E-state index contributed by atoms with van der Waals surface area (Å²) in [6, 6.07) is 14.5. The van der Waals surface area contributed by atoms with Crippen molar-refractivity contribution in [2.45, 2.75) is 13.5 Å². The van der Waals surface area contributed by atoms with E-state index in [-0.39, 0.29) is 5.56 Å². The number of hydrogen-bond acceptors (Lipinski definition) is 4. The van der Waals surface area contributed by atoms with E-state index in [4.69, 9.17) is 4.42 Å². The Morgan fingerprint density at radius 2 is 2.04 bits per heavy atom. The first-order valence-corrected chi connectivity index (χ1v) is 7.93. The van der Waals surface area contributed by atoms with Crippen LogP contribution in [0.15, 0.2) is 64.1 Å². The molecule has 0 unspecified atom stereocenters. The molecule has 4 rings (SSSR count). The van der Waals surface area contributed by atoms with E-state index >= 15 is 0 Å². The summed E-state index contributed by atoms with van der Waals surface area (Å²) in [7, 11) is 0. The molecule has 1 amide bonds. The molecule has 0 aliphatic carbocycles. The van der Waals surface area contributed by atoms with E-state index in [1.54, 1.807) is 28.8 Å². The zero-order valence-electron chi connectivity index (χ0n) is 13.5. The number of carbonyl (C=O) groups is 1. The number of fused-ring (bicyclic) bond motifs is 2. The lowest BCUT2D eigenvalue weighted by Crippen LogP contribution is -2.20. The van der Waals surface area contributed by atoms with Crippen LogP contribution in [0.4, 0.5) is 11.6 Å². The third-order valence-corrected chi connectivity index (χ3v) is 4.18. The molecule has 0 N–H and O–H groups in total. The second-order valence-corrected chi connectivity index (χ2v) is 5.64. The molecule has 2 aromatic carbocycles. The number of nitrogens with zero attached hydrogens (tertiary/aromatic N) is 3. The maximum Gasteiger partial charge on any atom is 0.261 e. The Labute approximate surface area is 142 Å². The third-order valence-electron chi connectivity index (χ3n) is 4.18. The molecule has 6 nitrogen and oxygen atoms in total. The van der Waals surface area contributed by atoms with Crippen LogP contribution in [-0.2, 0) is 11.3 Å². The third kappa shape index (κ3) is 2.48. The van der Waals surface area contributed by atoms with Crippen molar-refractivity contribution in [1.82, 2.24) is 9.55 Å². The minimum Gasteiger partial charge on any atom is -0.440 e. The van der Waals surface area contributed by atoms with Crippen molar-refractivity contribution in [3.05, 3.63) is 65.2 Å².